The third-order valence-corrected chi connectivity index (χ3v) is 2.08. The van der Waals surface area contributed by atoms with Crippen molar-refractivity contribution in [3.8, 4) is 0 Å². The summed E-state index contributed by atoms with van der Waals surface area (Å²) in [6, 6.07) is -1.05. The number of ether oxygens (including phenoxy) is 1. The molecule has 0 saturated heterocycles. The number of carbonyl (C=O) groups is 2. The van der Waals surface area contributed by atoms with Gasteiger partial charge in [0.15, 0.2) is 0 Å². The normalized spacial score (nSPS) is 11.9. The minimum atomic E-state index is -1.13. The van der Waals surface area contributed by atoms with Crippen molar-refractivity contribution in [2.75, 3.05) is 7.11 Å². The summed E-state index contributed by atoms with van der Waals surface area (Å²) in [4.78, 5) is 25.8. The van der Waals surface area contributed by atoms with Crippen LogP contribution in [0, 0.1) is 0 Å². The Morgan fingerprint density at radius 1 is 1.69 bits per heavy atom. The number of aliphatic carboxylic acids is 1. The first kappa shape index (κ1) is 12.0. The summed E-state index contributed by atoms with van der Waals surface area (Å²) in [5.74, 6) is -0.558. The first-order valence-corrected chi connectivity index (χ1v) is 4.58. The van der Waals surface area contributed by atoms with Gasteiger partial charge in [0.25, 0.3) is 0 Å². The van der Waals surface area contributed by atoms with Crippen LogP contribution in [0.15, 0.2) is 12.4 Å². The molecule has 16 heavy (non-hydrogen) atoms. The number of hydrogen-bond donors (Lipinski definition) is 2. The van der Waals surface area contributed by atoms with Crippen LogP contribution in [0.2, 0.25) is 0 Å². The average Bonchev–Trinajstić information content (AvgIpc) is 2.63. The molecular formula is C9H13N3O4. The van der Waals surface area contributed by atoms with Gasteiger partial charge in [-0.1, -0.05) is 0 Å². The van der Waals surface area contributed by atoms with Crippen LogP contribution in [0.5, 0.6) is 0 Å². The fourth-order valence-electron chi connectivity index (χ4n) is 1.18. The highest BCUT2D eigenvalue weighted by molar-refractivity contribution is 5.80. The lowest BCUT2D eigenvalue weighted by molar-refractivity contribution is -0.139. The van der Waals surface area contributed by atoms with Gasteiger partial charge in [0, 0.05) is 25.9 Å². The summed E-state index contributed by atoms with van der Waals surface area (Å²) in [7, 11) is 2.92. The van der Waals surface area contributed by atoms with Crippen molar-refractivity contribution in [1.29, 1.82) is 0 Å². The Labute approximate surface area is 92.0 Å². The lowest BCUT2D eigenvalue weighted by atomic mass is 10.2. The SMILES string of the molecule is COC(=O)NC(Cc1nccn1C)C(=O)O. The number of alkyl carbamates (subject to hydrolysis) is 1. The fraction of sp³-hybridized carbons (Fsp3) is 0.444. The second kappa shape index (κ2) is 5.15. The van der Waals surface area contributed by atoms with E-state index in [2.05, 4.69) is 15.0 Å². The number of hydrogen-bond acceptors (Lipinski definition) is 4. The number of rotatable bonds is 4. The summed E-state index contributed by atoms with van der Waals surface area (Å²) in [5, 5.41) is 11.1. The molecular weight excluding hydrogens is 214 g/mol. The van der Waals surface area contributed by atoms with E-state index >= 15 is 0 Å². The van der Waals surface area contributed by atoms with Gasteiger partial charge in [-0.15, -0.1) is 0 Å². The van der Waals surface area contributed by atoms with Gasteiger partial charge >= 0.3 is 12.1 Å². The van der Waals surface area contributed by atoms with Crippen molar-refractivity contribution in [3.05, 3.63) is 18.2 Å². The van der Waals surface area contributed by atoms with Gasteiger partial charge in [-0.25, -0.2) is 14.6 Å². The third-order valence-electron chi connectivity index (χ3n) is 2.08. The van der Waals surface area contributed by atoms with E-state index in [4.69, 9.17) is 5.11 Å². The van der Waals surface area contributed by atoms with Crippen LogP contribution in [-0.2, 0) is 23.0 Å². The Kier molecular flexibility index (Phi) is 3.87. The molecule has 0 saturated carbocycles. The number of amides is 1. The Balaban J connectivity index is 2.69. The number of carboxylic acid groups (broad SMARTS) is 1. The van der Waals surface area contributed by atoms with Gasteiger partial charge < -0.3 is 19.7 Å². The highest BCUT2D eigenvalue weighted by Crippen LogP contribution is 2.00. The highest BCUT2D eigenvalue weighted by Gasteiger charge is 2.22. The molecule has 7 nitrogen and oxygen atoms in total. The highest BCUT2D eigenvalue weighted by atomic mass is 16.5. The van der Waals surface area contributed by atoms with Crippen LogP contribution in [0.3, 0.4) is 0 Å². The van der Waals surface area contributed by atoms with Crippen LogP contribution in [-0.4, -0.2) is 39.9 Å². The van der Waals surface area contributed by atoms with Gasteiger partial charge in [-0.3, -0.25) is 0 Å². The first-order valence-electron chi connectivity index (χ1n) is 4.58. The predicted molar refractivity (Wildman–Crippen MR) is 53.9 cm³/mol. The molecule has 0 aliphatic rings. The zero-order valence-electron chi connectivity index (χ0n) is 9.01. The molecule has 0 radical (unpaired) electrons. The largest absolute Gasteiger partial charge is 0.480 e. The number of aryl methyl sites for hydroxylation is 1. The molecule has 1 unspecified atom stereocenters. The summed E-state index contributed by atoms with van der Waals surface area (Å²) < 4.78 is 6.03. The Hall–Kier alpha value is -2.05. The zero-order chi connectivity index (χ0) is 12.1. The number of carbonyl (C=O) groups excluding carboxylic acids is 1. The number of imidazole rings is 1. The third kappa shape index (κ3) is 2.97. The quantitative estimate of drug-likeness (QED) is 0.741. The maximum Gasteiger partial charge on any atom is 0.407 e. The van der Waals surface area contributed by atoms with E-state index < -0.39 is 18.1 Å². The minimum Gasteiger partial charge on any atom is -0.480 e. The Morgan fingerprint density at radius 3 is 2.81 bits per heavy atom. The average molecular weight is 227 g/mol. The number of aromatic nitrogens is 2. The number of nitrogens with zero attached hydrogens (tertiary/aromatic N) is 2. The molecule has 0 spiro atoms. The van der Waals surface area contributed by atoms with E-state index in [-0.39, 0.29) is 6.42 Å². The molecule has 0 fully saturated rings. The number of methoxy groups -OCH3 is 1. The van der Waals surface area contributed by atoms with Gasteiger partial charge in [0.1, 0.15) is 11.9 Å². The van der Waals surface area contributed by atoms with Crippen molar-refractivity contribution in [2.45, 2.75) is 12.5 Å². The monoisotopic (exact) mass is 227 g/mol. The Bertz CT molecular complexity index is 388. The van der Waals surface area contributed by atoms with E-state index in [1.807, 2.05) is 0 Å². The molecule has 1 heterocycles. The fourth-order valence-corrected chi connectivity index (χ4v) is 1.18. The molecule has 0 aliphatic carbocycles. The molecule has 1 rings (SSSR count). The van der Waals surface area contributed by atoms with E-state index in [0.717, 1.165) is 0 Å². The molecule has 88 valence electrons. The molecule has 1 aromatic heterocycles. The Morgan fingerprint density at radius 2 is 2.38 bits per heavy atom. The first-order chi connectivity index (χ1) is 7.54. The maximum atomic E-state index is 10.9. The lowest BCUT2D eigenvalue weighted by Crippen LogP contribution is -2.42. The van der Waals surface area contributed by atoms with Crippen molar-refractivity contribution >= 4 is 12.1 Å². The van der Waals surface area contributed by atoms with Gasteiger partial charge in [0.05, 0.1) is 7.11 Å². The molecule has 0 bridgehead atoms. The molecule has 0 aliphatic heterocycles. The standard InChI is InChI=1S/C9H13N3O4/c1-12-4-3-10-7(12)5-6(8(13)14)11-9(15)16-2/h3-4,6H,5H2,1-2H3,(H,11,15)(H,13,14). The van der Waals surface area contributed by atoms with E-state index in [1.54, 1.807) is 24.0 Å². The molecule has 1 atom stereocenters. The second-order valence-corrected chi connectivity index (χ2v) is 3.19. The predicted octanol–water partition coefficient (Wildman–Crippen LogP) is -0.228. The summed E-state index contributed by atoms with van der Waals surface area (Å²) in [5.41, 5.74) is 0. The number of nitrogens with one attached hydrogen (secondary N) is 1. The van der Waals surface area contributed by atoms with Gasteiger partial charge in [0.2, 0.25) is 0 Å². The number of carboxylic acids is 1. The van der Waals surface area contributed by atoms with E-state index in [1.165, 1.54) is 7.11 Å². The second-order valence-electron chi connectivity index (χ2n) is 3.19. The van der Waals surface area contributed by atoms with Crippen LogP contribution < -0.4 is 5.32 Å². The summed E-state index contributed by atoms with van der Waals surface area (Å²) >= 11 is 0. The smallest absolute Gasteiger partial charge is 0.407 e. The maximum absolute atomic E-state index is 10.9. The van der Waals surface area contributed by atoms with Crippen molar-refractivity contribution in [3.63, 3.8) is 0 Å². The van der Waals surface area contributed by atoms with Crippen LogP contribution in [0.1, 0.15) is 5.82 Å². The van der Waals surface area contributed by atoms with Gasteiger partial charge in [-0.2, -0.15) is 0 Å². The van der Waals surface area contributed by atoms with Crippen LogP contribution >= 0.6 is 0 Å². The van der Waals surface area contributed by atoms with Crippen molar-refractivity contribution in [1.82, 2.24) is 14.9 Å². The lowest BCUT2D eigenvalue weighted by Gasteiger charge is -2.13. The summed E-state index contributed by atoms with van der Waals surface area (Å²) in [6.07, 6.45) is 2.59. The van der Waals surface area contributed by atoms with Crippen LogP contribution in [0.25, 0.3) is 0 Å². The van der Waals surface area contributed by atoms with Crippen LogP contribution in [0.4, 0.5) is 4.79 Å². The van der Waals surface area contributed by atoms with E-state index in [0.29, 0.717) is 5.82 Å². The van der Waals surface area contributed by atoms with Crippen molar-refractivity contribution < 1.29 is 19.4 Å². The molecule has 7 heteroatoms. The topological polar surface area (TPSA) is 93.5 Å². The minimum absolute atomic E-state index is 0.105. The van der Waals surface area contributed by atoms with Crippen molar-refractivity contribution in [2.24, 2.45) is 7.05 Å². The molecule has 2 N–H and O–H groups in total. The summed E-state index contributed by atoms with van der Waals surface area (Å²) in [6.45, 7) is 0. The van der Waals surface area contributed by atoms with E-state index in [9.17, 15) is 9.59 Å². The zero-order valence-corrected chi connectivity index (χ0v) is 9.01. The molecule has 1 aromatic rings. The van der Waals surface area contributed by atoms with Gasteiger partial charge in [-0.05, 0) is 0 Å². The molecule has 1 amide bonds. The molecule has 0 aromatic carbocycles.